The van der Waals surface area contributed by atoms with Gasteiger partial charge in [0.25, 0.3) is 0 Å². The van der Waals surface area contributed by atoms with Gasteiger partial charge in [-0.05, 0) is 50.5 Å². The van der Waals surface area contributed by atoms with Crippen molar-refractivity contribution in [3.05, 3.63) is 54.4 Å². The van der Waals surface area contributed by atoms with Crippen molar-refractivity contribution < 1.29 is 9.53 Å². The van der Waals surface area contributed by atoms with Gasteiger partial charge in [-0.25, -0.2) is 0 Å². The normalized spacial score (nSPS) is 17.1. The van der Waals surface area contributed by atoms with Crippen LogP contribution in [0, 0.1) is 6.92 Å². The first-order chi connectivity index (χ1) is 14.6. The summed E-state index contributed by atoms with van der Waals surface area (Å²) >= 11 is 1.41. The summed E-state index contributed by atoms with van der Waals surface area (Å²) in [4.78, 5) is 16.9. The maximum atomic E-state index is 12.8. The molecule has 1 N–H and O–H groups in total. The number of amides is 1. The zero-order chi connectivity index (χ0) is 20.9. The number of carbonyl (C=O) groups is 1. The van der Waals surface area contributed by atoms with Crippen LogP contribution in [0.15, 0.2) is 53.9 Å². The predicted octanol–water partition coefficient (Wildman–Crippen LogP) is 3.95. The Morgan fingerprint density at radius 1 is 1.27 bits per heavy atom. The van der Waals surface area contributed by atoms with Crippen molar-refractivity contribution in [1.29, 1.82) is 0 Å². The number of anilines is 1. The summed E-state index contributed by atoms with van der Waals surface area (Å²) in [5, 5.41) is 12.2. The smallest absolute Gasteiger partial charge is 0.237 e. The van der Waals surface area contributed by atoms with E-state index in [0.717, 1.165) is 42.1 Å². The van der Waals surface area contributed by atoms with Crippen LogP contribution in [0.3, 0.4) is 0 Å². The van der Waals surface area contributed by atoms with E-state index in [-0.39, 0.29) is 17.3 Å². The molecule has 0 radical (unpaired) electrons. The highest BCUT2D eigenvalue weighted by atomic mass is 32.2. The molecule has 7 nitrogen and oxygen atoms in total. The first-order valence-electron chi connectivity index (χ1n) is 10.1. The van der Waals surface area contributed by atoms with E-state index in [1.807, 2.05) is 50.2 Å². The van der Waals surface area contributed by atoms with E-state index in [2.05, 4.69) is 25.1 Å². The molecule has 1 aromatic carbocycles. The summed E-state index contributed by atoms with van der Waals surface area (Å²) in [5.41, 5.74) is 2.80. The van der Waals surface area contributed by atoms with Gasteiger partial charge in [0, 0.05) is 30.3 Å². The molecule has 0 saturated carbocycles. The van der Waals surface area contributed by atoms with E-state index in [0.29, 0.717) is 11.7 Å². The Labute approximate surface area is 180 Å². The predicted molar refractivity (Wildman–Crippen MR) is 117 cm³/mol. The van der Waals surface area contributed by atoms with E-state index in [1.54, 1.807) is 12.4 Å². The molecule has 0 unspecified atom stereocenters. The molecule has 4 rings (SSSR count). The van der Waals surface area contributed by atoms with E-state index in [9.17, 15) is 4.79 Å². The lowest BCUT2D eigenvalue weighted by atomic mass is 10.2. The Bertz CT molecular complexity index is 1000. The van der Waals surface area contributed by atoms with Crippen LogP contribution in [-0.2, 0) is 16.1 Å². The van der Waals surface area contributed by atoms with Crippen LogP contribution in [-0.4, -0.2) is 43.6 Å². The standard InChI is InChI=1S/C22H25N5O2S/c1-15-6-3-4-8-19(15)24-21(28)16(2)30-22-26-25-20(17-9-11-23-12-10-17)27(22)14-18-7-5-13-29-18/h3-4,6,8-12,16,18H,5,7,13-14H2,1-2H3,(H,24,28)/t16-,18-/m0/s1. The molecule has 8 heteroatoms. The van der Waals surface area contributed by atoms with Crippen LogP contribution >= 0.6 is 11.8 Å². The molecule has 3 heterocycles. The van der Waals surface area contributed by atoms with Gasteiger partial charge in [0.05, 0.1) is 17.9 Å². The van der Waals surface area contributed by atoms with Crippen molar-refractivity contribution in [2.75, 3.05) is 11.9 Å². The summed E-state index contributed by atoms with van der Waals surface area (Å²) in [5.74, 6) is 0.702. The van der Waals surface area contributed by atoms with Crippen LogP contribution in [0.4, 0.5) is 5.69 Å². The van der Waals surface area contributed by atoms with Crippen LogP contribution < -0.4 is 5.32 Å². The fourth-order valence-electron chi connectivity index (χ4n) is 3.41. The quantitative estimate of drug-likeness (QED) is 0.580. The Hall–Kier alpha value is -2.71. The second kappa shape index (κ2) is 9.40. The molecule has 1 aliphatic heterocycles. The molecule has 2 atom stereocenters. The van der Waals surface area contributed by atoms with Crippen LogP contribution in [0.25, 0.3) is 11.4 Å². The third-order valence-corrected chi connectivity index (χ3v) is 6.20. The summed E-state index contributed by atoms with van der Waals surface area (Å²) < 4.78 is 7.90. The summed E-state index contributed by atoms with van der Waals surface area (Å²) in [7, 11) is 0. The molecule has 0 spiro atoms. The molecule has 30 heavy (non-hydrogen) atoms. The first kappa shape index (κ1) is 20.6. The van der Waals surface area contributed by atoms with Crippen molar-refractivity contribution in [1.82, 2.24) is 19.7 Å². The highest BCUT2D eigenvalue weighted by Crippen LogP contribution is 2.29. The number of nitrogens with one attached hydrogen (secondary N) is 1. The molecule has 156 valence electrons. The van der Waals surface area contributed by atoms with Gasteiger partial charge in [-0.1, -0.05) is 30.0 Å². The summed E-state index contributed by atoms with van der Waals surface area (Å²) in [6.07, 6.45) is 5.70. The maximum absolute atomic E-state index is 12.8. The van der Waals surface area contributed by atoms with Gasteiger partial charge in [-0.15, -0.1) is 10.2 Å². The van der Waals surface area contributed by atoms with Crippen LogP contribution in [0.2, 0.25) is 0 Å². The molecule has 1 aliphatic rings. The second-order valence-corrected chi connectivity index (χ2v) is 8.66. The van der Waals surface area contributed by atoms with Crippen molar-refractivity contribution >= 4 is 23.4 Å². The highest BCUT2D eigenvalue weighted by Gasteiger charge is 2.24. The van der Waals surface area contributed by atoms with E-state index in [1.165, 1.54) is 11.8 Å². The Morgan fingerprint density at radius 3 is 2.80 bits per heavy atom. The van der Waals surface area contributed by atoms with Gasteiger partial charge in [-0.2, -0.15) is 0 Å². The lowest BCUT2D eigenvalue weighted by Gasteiger charge is -2.17. The summed E-state index contributed by atoms with van der Waals surface area (Å²) in [6.45, 7) is 5.32. The SMILES string of the molecule is Cc1ccccc1NC(=O)[C@H](C)Sc1nnc(-c2ccncc2)n1C[C@@H]1CCCO1. The Morgan fingerprint density at radius 2 is 2.07 bits per heavy atom. The number of nitrogens with zero attached hydrogens (tertiary/aromatic N) is 4. The Balaban J connectivity index is 1.54. The first-order valence-corrected chi connectivity index (χ1v) is 11.0. The van der Waals surface area contributed by atoms with E-state index in [4.69, 9.17) is 4.74 Å². The molecule has 3 aromatic rings. The van der Waals surface area contributed by atoms with Gasteiger partial charge in [0.2, 0.25) is 5.91 Å². The fraction of sp³-hybridized carbons (Fsp3) is 0.364. The number of para-hydroxylation sites is 1. The number of pyridine rings is 1. The number of hydrogen-bond acceptors (Lipinski definition) is 6. The van der Waals surface area contributed by atoms with Gasteiger partial charge >= 0.3 is 0 Å². The molecule has 2 aromatic heterocycles. The molecule has 1 fully saturated rings. The third kappa shape index (κ3) is 4.71. The van der Waals surface area contributed by atoms with Crippen LogP contribution in [0.5, 0.6) is 0 Å². The van der Waals surface area contributed by atoms with E-state index >= 15 is 0 Å². The minimum absolute atomic E-state index is 0.0635. The van der Waals surface area contributed by atoms with Crippen molar-refractivity contribution in [2.45, 2.75) is 49.7 Å². The summed E-state index contributed by atoms with van der Waals surface area (Å²) in [6, 6.07) is 11.6. The monoisotopic (exact) mass is 423 g/mol. The number of hydrogen-bond donors (Lipinski definition) is 1. The number of carbonyl (C=O) groups excluding carboxylic acids is 1. The zero-order valence-electron chi connectivity index (χ0n) is 17.1. The number of ether oxygens (including phenoxy) is 1. The molecule has 0 bridgehead atoms. The maximum Gasteiger partial charge on any atom is 0.237 e. The minimum atomic E-state index is -0.331. The average molecular weight is 424 g/mol. The largest absolute Gasteiger partial charge is 0.376 e. The lowest BCUT2D eigenvalue weighted by molar-refractivity contribution is -0.115. The number of aryl methyl sites for hydroxylation is 1. The van der Waals surface area contributed by atoms with E-state index < -0.39 is 0 Å². The van der Waals surface area contributed by atoms with Crippen molar-refractivity contribution in [3.8, 4) is 11.4 Å². The molecule has 1 amide bonds. The molecule has 1 saturated heterocycles. The minimum Gasteiger partial charge on any atom is -0.376 e. The number of aromatic nitrogens is 4. The van der Waals surface area contributed by atoms with Crippen molar-refractivity contribution in [2.24, 2.45) is 0 Å². The molecular formula is C22H25N5O2S. The van der Waals surface area contributed by atoms with Gasteiger partial charge in [0.15, 0.2) is 11.0 Å². The Kier molecular flexibility index (Phi) is 6.44. The average Bonchev–Trinajstić information content (AvgIpc) is 3.41. The van der Waals surface area contributed by atoms with Crippen LogP contribution in [0.1, 0.15) is 25.3 Å². The molecule has 0 aliphatic carbocycles. The number of rotatable bonds is 7. The third-order valence-electron chi connectivity index (χ3n) is 5.12. The van der Waals surface area contributed by atoms with Gasteiger partial charge < -0.3 is 10.1 Å². The topological polar surface area (TPSA) is 81.9 Å². The number of benzene rings is 1. The molecular weight excluding hydrogens is 398 g/mol. The second-order valence-electron chi connectivity index (χ2n) is 7.35. The fourth-order valence-corrected chi connectivity index (χ4v) is 4.26. The highest BCUT2D eigenvalue weighted by molar-refractivity contribution is 8.00. The van der Waals surface area contributed by atoms with Gasteiger partial charge in [0.1, 0.15) is 0 Å². The number of thioether (sulfide) groups is 1. The van der Waals surface area contributed by atoms with Gasteiger partial charge in [-0.3, -0.25) is 14.3 Å². The van der Waals surface area contributed by atoms with Crippen molar-refractivity contribution in [3.63, 3.8) is 0 Å². The zero-order valence-corrected chi connectivity index (χ0v) is 17.9. The lowest BCUT2D eigenvalue weighted by Crippen LogP contribution is -2.24.